The summed E-state index contributed by atoms with van der Waals surface area (Å²) in [6.45, 7) is 24.4. The van der Waals surface area contributed by atoms with Crippen LogP contribution in [-0.2, 0) is 21.7 Å². The molecule has 5 aliphatic rings. The van der Waals surface area contributed by atoms with E-state index in [1.807, 2.05) is 11.3 Å². The molecule has 74 heavy (non-hydrogen) atoms. The molecule has 14 rings (SSSR count). The van der Waals surface area contributed by atoms with E-state index in [1.54, 1.807) is 0 Å². The van der Waals surface area contributed by atoms with Crippen LogP contribution in [0.5, 0.6) is 0 Å². The Bertz CT molecular complexity index is 3820. The SMILES string of the molecule is Cc1cc2c3c(c1)N1c4c(cccc4C4(C)CCCCC14C)B3c1ccc(N(c3ccc4c(c3)C(C)(C)CCC4(C)C)c3ccc4sc5ccccc5c4c3)cc1N2c1ccc(C(C)(C)C)cc1-c1ccccc1. The molecular formula is C69H68BN3S. The van der Waals surface area contributed by atoms with Crippen LogP contribution in [0.2, 0.25) is 0 Å². The van der Waals surface area contributed by atoms with Crippen molar-refractivity contribution in [2.75, 3.05) is 14.7 Å². The van der Waals surface area contributed by atoms with E-state index in [0.717, 1.165) is 12.1 Å². The van der Waals surface area contributed by atoms with Gasteiger partial charge in [-0.3, -0.25) is 0 Å². The maximum atomic E-state index is 2.86. The Hall–Kier alpha value is -6.56. The molecule has 1 saturated carbocycles. The van der Waals surface area contributed by atoms with Gasteiger partial charge in [-0.2, -0.15) is 0 Å². The maximum absolute atomic E-state index is 2.86. The van der Waals surface area contributed by atoms with Crippen molar-refractivity contribution in [3.05, 3.63) is 186 Å². The second-order valence-electron chi connectivity index (χ2n) is 25.6. The van der Waals surface area contributed by atoms with Gasteiger partial charge in [-0.25, -0.2) is 0 Å². The molecule has 0 amide bonds. The third-order valence-electron chi connectivity index (χ3n) is 19.2. The number of anilines is 8. The number of fused-ring (bicyclic) bond motifs is 11. The zero-order chi connectivity index (χ0) is 50.8. The molecule has 1 aromatic heterocycles. The van der Waals surface area contributed by atoms with Gasteiger partial charge < -0.3 is 14.7 Å². The number of hydrogen-bond donors (Lipinski definition) is 0. The lowest BCUT2D eigenvalue weighted by Crippen LogP contribution is -2.64. The van der Waals surface area contributed by atoms with Crippen LogP contribution in [0, 0.1) is 6.92 Å². The number of nitrogens with zero attached hydrogens (tertiary/aromatic N) is 3. The van der Waals surface area contributed by atoms with Gasteiger partial charge in [0, 0.05) is 71.0 Å². The van der Waals surface area contributed by atoms with Gasteiger partial charge in [0.15, 0.2) is 0 Å². The van der Waals surface area contributed by atoms with E-state index < -0.39 is 0 Å². The number of hydrogen-bond acceptors (Lipinski definition) is 4. The summed E-state index contributed by atoms with van der Waals surface area (Å²) in [6.07, 6.45) is 7.27. The van der Waals surface area contributed by atoms with Crippen molar-refractivity contribution in [1.82, 2.24) is 0 Å². The van der Waals surface area contributed by atoms with Crippen LogP contribution in [0.1, 0.15) is 129 Å². The Morgan fingerprint density at radius 2 is 1.22 bits per heavy atom. The molecule has 3 nitrogen and oxygen atoms in total. The summed E-state index contributed by atoms with van der Waals surface area (Å²) in [5.74, 6) is 0. The minimum Gasteiger partial charge on any atom is -0.335 e. The largest absolute Gasteiger partial charge is 0.335 e. The molecule has 2 atom stereocenters. The van der Waals surface area contributed by atoms with Gasteiger partial charge in [0.1, 0.15) is 0 Å². The van der Waals surface area contributed by atoms with E-state index in [2.05, 4.69) is 242 Å². The summed E-state index contributed by atoms with van der Waals surface area (Å²) in [5.41, 5.74) is 24.1. The number of benzene rings is 8. The second kappa shape index (κ2) is 15.7. The van der Waals surface area contributed by atoms with Crippen LogP contribution in [0.15, 0.2) is 158 Å². The highest BCUT2D eigenvalue weighted by atomic mass is 32.1. The highest BCUT2D eigenvalue weighted by Gasteiger charge is 2.61. The predicted octanol–water partition coefficient (Wildman–Crippen LogP) is 17.5. The van der Waals surface area contributed by atoms with Gasteiger partial charge in [0.2, 0.25) is 0 Å². The van der Waals surface area contributed by atoms with Crippen LogP contribution < -0.4 is 31.1 Å². The quantitative estimate of drug-likeness (QED) is 0.159. The van der Waals surface area contributed by atoms with Gasteiger partial charge in [0.25, 0.3) is 6.71 Å². The highest BCUT2D eigenvalue weighted by molar-refractivity contribution is 7.25. The first-order valence-corrected chi connectivity index (χ1v) is 28.4. The molecule has 0 N–H and O–H groups in total. The van der Waals surface area contributed by atoms with E-state index in [0.29, 0.717) is 0 Å². The molecule has 5 heteroatoms. The van der Waals surface area contributed by atoms with Crippen molar-refractivity contribution in [3.8, 4) is 11.1 Å². The van der Waals surface area contributed by atoms with E-state index in [1.165, 1.54) is 147 Å². The summed E-state index contributed by atoms with van der Waals surface area (Å²) in [4.78, 5) is 8.13. The zero-order valence-electron chi connectivity index (χ0n) is 45.1. The van der Waals surface area contributed by atoms with E-state index >= 15 is 0 Å². The lowest BCUT2D eigenvalue weighted by Gasteiger charge is -2.53. The first-order chi connectivity index (χ1) is 35.4. The Balaban J connectivity index is 1.07. The third-order valence-corrected chi connectivity index (χ3v) is 20.4. The second-order valence-corrected chi connectivity index (χ2v) is 26.7. The summed E-state index contributed by atoms with van der Waals surface area (Å²) >= 11 is 1.89. The average molecular weight is 982 g/mol. The van der Waals surface area contributed by atoms with Gasteiger partial charge in [-0.05, 0) is 178 Å². The highest BCUT2D eigenvalue weighted by Crippen LogP contribution is 2.62. The van der Waals surface area contributed by atoms with Crippen LogP contribution in [0.25, 0.3) is 31.3 Å². The predicted molar refractivity (Wildman–Crippen MR) is 320 cm³/mol. The minimum absolute atomic E-state index is 0.0318. The lowest BCUT2D eigenvalue weighted by atomic mass is 9.33. The topological polar surface area (TPSA) is 9.72 Å². The first-order valence-electron chi connectivity index (χ1n) is 27.5. The van der Waals surface area contributed by atoms with Crippen LogP contribution in [-0.4, -0.2) is 12.3 Å². The smallest absolute Gasteiger partial charge is 0.252 e. The van der Waals surface area contributed by atoms with Crippen LogP contribution >= 0.6 is 11.3 Å². The number of thiophene rings is 1. The number of rotatable bonds is 5. The van der Waals surface area contributed by atoms with Crippen LogP contribution in [0.3, 0.4) is 0 Å². The summed E-state index contributed by atoms with van der Waals surface area (Å²) in [6, 6.07) is 62.0. The standard InChI is InChI=1S/C69H68BN3S/c1-43-37-59-63-60(38-43)73-64-53(68(9)33-16-17-34-69(68,73)10)22-18-23-56(64)70(63)55-30-27-48(42-58(55)72(59)57-31-25-45(65(2,3)4)39-50(57)44-19-12-11-13-20-44)71(46-28-32-62-51(40-46)49-21-14-15-24-61(49)74-62)47-26-29-52-54(41-47)67(7,8)36-35-66(52,5)6/h11-15,18-32,37-42H,16-17,33-36H2,1-10H3. The van der Waals surface area contributed by atoms with Crippen LogP contribution in [0.4, 0.5) is 45.5 Å². The Kier molecular flexibility index (Phi) is 9.79. The van der Waals surface area contributed by atoms with Crippen molar-refractivity contribution < 1.29 is 0 Å². The van der Waals surface area contributed by atoms with Gasteiger partial charge in [-0.15, -0.1) is 11.3 Å². The fourth-order valence-corrected chi connectivity index (χ4v) is 15.9. The fraction of sp³-hybridized carbons (Fsp3) is 0.304. The first kappa shape index (κ1) is 46.0. The zero-order valence-corrected chi connectivity index (χ0v) is 45.9. The molecule has 1 fully saturated rings. The van der Waals surface area contributed by atoms with E-state index in [-0.39, 0.29) is 33.9 Å². The number of aryl methyl sites for hydroxylation is 1. The van der Waals surface area contributed by atoms with E-state index in [4.69, 9.17) is 0 Å². The molecule has 0 radical (unpaired) electrons. The molecule has 368 valence electrons. The summed E-state index contributed by atoms with van der Waals surface area (Å²) < 4.78 is 2.65. The molecule has 3 aliphatic heterocycles. The molecule has 0 bridgehead atoms. The number of para-hydroxylation sites is 1. The molecule has 0 saturated heterocycles. The van der Waals surface area contributed by atoms with Gasteiger partial charge in [-0.1, -0.05) is 153 Å². The molecule has 0 spiro atoms. The Labute approximate surface area is 444 Å². The molecule has 2 unspecified atom stereocenters. The maximum Gasteiger partial charge on any atom is 0.252 e. The van der Waals surface area contributed by atoms with Crippen molar-refractivity contribution >= 4 is 100 Å². The molecule has 2 aliphatic carbocycles. The average Bonchev–Trinajstić information content (AvgIpc) is 3.88. The van der Waals surface area contributed by atoms with Crippen molar-refractivity contribution in [2.45, 2.75) is 135 Å². The molecule has 9 aromatic rings. The fourth-order valence-electron chi connectivity index (χ4n) is 14.9. The Morgan fingerprint density at radius 3 is 2.03 bits per heavy atom. The van der Waals surface area contributed by atoms with Crippen molar-refractivity contribution in [3.63, 3.8) is 0 Å². The van der Waals surface area contributed by atoms with Crippen molar-refractivity contribution in [2.24, 2.45) is 0 Å². The van der Waals surface area contributed by atoms with E-state index in [9.17, 15) is 0 Å². The van der Waals surface area contributed by atoms with Crippen molar-refractivity contribution in [1.29, 1.82) is 0 Å². The lowest BCUT2D eigenvalue weighted by molar-refractivity contribution is 0.195. The van der Waals surface area contributed by atoms with Gasteiger partial charge >= 0.3 is 0 Å². The molecular weight excluding hydrogens is 914 g/mol. The summed E-state index contributed by atoms with van der Waals surface area (Å²) in [7, 11) is 0. The van der Waals surface area contributed by atoms with Gasteiger partial charge in [0.05, 0.1) is 11.2 Å². The molecule has 4 heterocycles. The Morgan fingerprint density at radius 1 is 0.527 bits per heavy atom. The third kappa shape index (κ3) is 6.44. The monoisotopic (exact) mass is 982 g/mol. The summed E-state index contributed by atoms with van der Waals surface area (Å²) in [5, 5.41) is 2.63. The minimum atomic E-state index is -0.0389. The normalized spacial score (nSPS) is 20.8. The molecule has 8 aromatic carbocycles.